The van der Waals surface area contributed by atoms with Crippen LogP contribution in [0.5, 0.6) is 23.0 Å². The van der Waals surface area contributed by atoms with Gasteiger partial charge in [-0.05, 0) is 54.4 Å². The van der Waals surface area contributed by atoms with E-state index in [1.165, 1.54) is 29.2 Å². The molecule has 0 aliphatic carbocycles. The number of ether oxygens (including phenoxy) is 2. The van der Waals surface area contributed by atoms with Crippen molar-refractivity contribution >= 4 is 17.6 Å². The Kier molecular flexibility index (Phi) is 10.2. The summed E-state index contributed by atoms with van der Waals surface area (Å²) in [6.45, 7) is 8.51. The third-order valence-corrected chi connectivity index (χ3v) is 7.25. The SMILES string of the molecule is CCC(CC)CN1CCN(C(=O)Nc2cc(Oc3ccc(F)cc3)cc(Oc3ccc(C(=O)N(C)C)cc3)c2)CC1. The number of benzene rings is 3. The highest BCUT2D eigenvalue weighted by Gasteiger charge is 2.23. The van der Waals surface area contributed by atoms with Crippen LogP contribution in [0.3, 0.4) is 0 Å². The van der Waals surface area contributed by atoms with Gasteiger partial charge in [-0.15, -0.1) is 0 Å². The van der Waals surface area contributed by atoms with E-state index in [2.05, 4.69) is 24.1 Å². The van der Waals surface area contributed by atoms with Crippen LogP contribution < -0.4 is 14.8 Å². The Morgan fingerprint density at radius 1 is 0.829 bits per heavy atom. The van der Waals surface area contributed by atoms with Gasteiger partial charge in [-0.2, -0.15) is 0 Å². The lowest BCUT2D eigenvalue weighted by Gasteiger charge is -2.36. The topological polar surface area (TPSA) is 74.4 Å². The van der Waals surface area contributed by atoms with Gasteiger partial charge in [0.25, 0.3) is 5.91 Å². The number of halogens is 1. The molecule has 0 bridgehead atoms. The number of hydrogen-bond acceptors (Lipinski definition) is 5. The molecule has 4 rings (SSSR count). The summed E-state index contributed by atoms with van der Waals surface area (Å²) in [5, 5.41) is 2.99. The van der Waals surface area contributed by atoms with Crippen LogP contribution in [0, 0.1) is 11.7 Å². The van der Waals surface area contributed by atoms with Crippen LogP contribution in [0.4, 0.5) is 14.9 Å². The molecule has 1 N–H and O–H groups in total. The van der Waals surface area contributed by atoms with Crippen molar-refractivity contribution < 1.29 is 23.5 Å². The quantitative estimate of drug-likeness (QED) is 0.298. The zero-order valence-corrected chi connectivity index (χ0v) is 24.2. The highest BCUT2D eigenvalue weighted by atomic mass is 19.1. The minimum absolute atomic E-state index is 0.104. The predicted molar refractivity (Wildman–Crippen MR) is 159 cm³/mol. The number of nitrogens with one attached hydrogen (secondary N) is 1. The lowest BCUT2D eigenvalue weighted by Crippen LogP contribution is -2.50. The van der Waals surface area contributed by atoms with E-state index in [0.29, 0.717) is 53.3 Å². The van der Waals surface area contributed by atoms with Gasteiger partial charge in [-0.25, -0.2) is 9.18 Å². The molecule has 41 heavy (non-hydrogen) atoms. The smallest absolute Gasteiger partial charge is 0.321 e. The third-order valence-electron chi connectivity index (χ3n) is 7.25. The molecule has 1 fully saturated rings. The number of hydrogen-bond donors (Lipinski definition) is 1. The van der Waals surface area contributed by atoms with Crippen molar-refractivity contribution in [3.8, 4) is 23.0 Å². The second-order valence-corrected chi connectivity index (χ2v) is 10.5. The second kappa shape index (κ2) is 14.0. The van der Waals surface area contributed by atoms with Crippen LogP contribution in [0.25, 0.3) is 0 Å². The van der Waals surface area contributed by atoms with Crippen molar-refractivity contribution in [3.05, 3.63) is 78.1 Å². The summed E-state index contributed by atoms with van der Waals surface area (Å²) in [6, 6.07) is 17.4. The first-order valence-corrected chi connectivity index (χ1v) is 14.1. The van der Waals surface area contributed by atoms with Crippen LogP contribution in [-0.2, 0) is 0 Å². The predicted octanol–water partition coefficient (Wildman–Crippen LogP) is 6.70. The van der Waals surface area contributed by atoms with Gasteiger partial charge in [0.05, 0.1) is 0 Å². The summed E-state index contributed by atoms with van der Waals surface area (Å²) in [4.78, 5) is 31.2. The Morgan fingerprint density at radius 2 is 1.37 bits per heavy atom. The number of urea groups is 1. The molecule has 3 aromatic carbocycles. The van der Waals surface area contributed by atoms with Crippen molar-refractivity contribution in [2.24, 2.45) is 5.92 Å². The lowest BCUT2D eigenvalue weighted by atomic mass is 10.0. The summed E-state index contributed by atoms with van der Waals surface area (Å²) in [7, 11) is 3.40. The fraction of sp³-hybridized carbons (Fsp3) is 0.375. The third kappa shape index (κ3) is 8.44. The largest absolute Gasteiger partial charge is 0.457 e. The molecule has 3 amide bonds. The Balaban J connectivity index is 1.48. The Bertz CT molecular complexity index is 1300. The monoisotopic (exact) mass is 562 g/mol. The molecule has 0 aromatic heterocycles. The molecule has 0 spiro atoms. The minimum atomic E-state index is -0.362. The van der Waals surface area contributed by atoms with Gasteiger partial charge in [0.1, 0.15) is 28.8 Å². The summed E-state index contributed by atoms with van der Waals surface area (Å²) < 4.78 is 25.4. The molecule has 1 saturated heterocycles. The zero-order chi connectivity index (χ0) is 29.4. The average Bonchev–Trinajstić information content (AvgIpc) is 2.97. The molecule has 0 radical (unpaired) electrons. The first-order valence-electron chi connectivity index (χ1n) is 14.1. The normalized spacial score (nSPS) is 13.7. The number of carbonyl (C=O) groups is 2. The van der Waals surface area contributed by atoms with E-state index >= 15 is 0 Å². The van der Waals surface area contributed by atoms with E-state index < -0.39 is 0 Å². The van der Waals surface area contributed by atoms with Crippen molar-refractivity contribution in [2.75, 3.05) is 52.1 Å². The summed E-state index contributed by atoms with van der Waals surface area (Å²) in [5.74, 6) is 2.03. The molecule has 0 unspecified atom stereocenters. The van der Waals surface area contributed by atoms with E-state index in [1.54, 1.807) is 56.6 Å². The number of nitrogens with zero attached hydrogens (tertiary/aromatic N) is 3. The number of rotatable bonds is 10. The van der Waals surface area contributed by atoms with E-state index in [1.807, 2.05) is 4.90 Å². The van der Waals surface area contributed by atoms with Crippen molar-refractivity contribution in [3.63, 3.8) is 0 Å². The zero-order valence-electron chi connectivity index (χ0n) is 24.2. The highest BCUT2D eigenvalue weighted by molar-refractivity contribution is 5.94. The van der Waals surface area contributed by atoms with Crippen molar-refractivity contribution in [2.45, 2.75) is 26.7 Å². The van der Waals surface area contributed by atoms with Gasteiger partial charge in [0.2, 0.25) is 0 Å². The number of carbonyl (C=O) groups excluding carboxylic acids is 2. The number of amides is 3. The molecule has 1 heterocycles. The van der Waals surface area contributed by atoms with E-state index in [-0.39, 0.29) is 17.8 Å². The van der Waals surface area contributed by atoms with Crippen molar-refractivity contribution in [1.82, 2.24) is 14.7 Å². The second-order valence-electron chi connectivity index (χ2n) is 10.5. The van der Waals surface area contributed by atoms with Gasteiger partial charge in [0.15, 0.2) is 0 Å². The first kappa shape index (κ1) is 29.9. The van der Waals surface area contributed by atoms with Gasteiger partial charge >= 0.3 is 6.03 Å². The fourth-order valence-corrected chi connectivity index (χ4v) is 4.71. The van der Waals surface area contributed by atoms with Gasteiger partial charge in [-0.3, -0.25) is 9.69 Å². The maximum absolute atomic E-state index is 13.4. The van der Waals surface area contributed by atoms with Crippen LogP contribution in [0.2, 0.25) is 0 Å². The molecular weight excluding hydrogens is 523 g/mol. The van der Waals surface area contributed by atoms with Gasteiger partial charge in [-0.1, -0.05) is 26.7 Å². The summed E-state index contributed by atoms with van der Waals surface area (Å²) in [6.07, 6.45) is 2.33. The standard InChI is InChI=1S/C32H39FN4O4/c1-5-23(6-2)22-36-15-17-37(18-16-36)32(39)34-26-19-29(21-30(20-26)41-28-13-9-25(33)10-14-28)40-27-11-7-24(8-12-27)31(38)35(3)4/h7-14,19-21,23H,5-6,15-18,22H2,1-4H3,(H,34,39). The molecule has 3 aromatic rings. The summed E-state index contributed by atoms with van der Waals surface area (Å²) >= 11 is 0. The van der Waals surface area contributed by atoms with Crippen LogP contribution >= 0.6 is 0 Å². The van der Waals surface area contributed by atoms with Crippen LogP contribution in [-0.4, -0.2) is 73.5 Å². The lowest BCUT2D eigenvalue weighted by molar-refractivity contribution is 0.0827. The molecule has 1 aliphatic heterocycles. The molecule has 1 aliphatic rings. The molecular formula is C32H39FN4O4. The summed E-state index contributed by atoms with van der Waals surface area (Å²) in [5.41, 5.74) is 1.05. The maximum atomic E-state index is 13.4. The molecule has 0 atom stereocenters. The number of anilines is 1. The molecule has 0 saturated carbocycles. The molecule has 218 valence electrons. The molecule has 9 heteroatoms. The number of piperazine rings is 1. The first-order chi connectivity index (χ1) is 19.7. The average molecular weight is 563 g/mol. The Labute approximate surface area is 241 Å². The van der Waals surface area contributed by atoms with Crippen LogP contribution in [0.1, 0.15) is 37.0 Å². The Morgan fingerprint density at radius 3 is 1.88 bits per heavy atom. The maximum Gasteiger partial charge on any atom is 0.321 e. The van der Waals surface area contributed by atoms with E-state index in [0.717, 1.165) is 32.5 Å². The Hall–Kier alpha value is -4.11. The molecule has 8 nitrogen and oxygen atoms in total. The van der Waals surface area contributed by atoms with Gasteiger partial charge in [0, 0.05) is 76.3 Å². The minimum Gasteiger partial charge on any atom is -0.457 e. The van der Waals surface area contributed by atoms with Crippen molar-refractivity contribution in [1.29, 1.82) is 0 Å². The van der Waals surface area contributed by atoms with Crippen LogP contribution in [0.15, 0.2) is 66.7 Å². The highest BCUT2D eigenvalue weighted by Crippen LogP contribution is 2.33. The van der Waals surface area contributed by atoms with E-state index in [4.69, 9.17) is 9.47 Å². The fourth-order valence-electron chi connectivity index (χ4n) is 4.71. The van der Waals surface area contributed by atoms with Gasteiger partial charge < -0.3 is 24.6 Å². The van der Waals surface area contributed by atoms with E-state index in [9.17, 15) is 14.0 Å².